The molecule has 2 rings (SSSR count). The van der Waals surface area contributed by atoms with E-state index in [2.05, 4.69) is 22.0 Å². The van der Waals surface area contributed by atoms with E-state index in [9.17, 15) is 4.79 Å². The van der Waals surface area contributed by atoms with Crippen molar-refractivity contribution in [2.45, 2.75) is 0 Å². The first kappa shape index (κ1) is 13.1. The van der Waals surface area contributed by atoms with Crippen LogP contribution in [0.3, 0.4) is 0 Å². The third-order valence-corrected chi connectivity index (χ3v) is 2.92. The highest BCUT2D eigenvalue weighted by Gasteiger charge is 2.06. The quantitative estimate of drug-likeness (QED) is 0.944. The van der Waals surface area contributed by atoms with Crippen LogP contribution in [0.15, 0.2) is 46.9 Å². The summed E-state index contributed by atoms with van der Waals surface area (Å²) in [5.74, 6) is 0.481. The Morgan fingerprint density at radius 3 is 2.47 bits per heavy atom. The SMILES string of the molecule is N#Cc1ccc(Br)cc1Oc1ccc(C(N)=O)cc1. The number of primary amides is 1. The Morgan fingerprint density at radius 1 is 1.21 bits per heavy atom. The summed E-state index contributed by atoms with van der Waals surface area (Å²) in [6.07, 6.45) is 0. The van der Waals surface area contributed by atoms with E-state index in [1.54, 1.807) is 42.5 Å². The predicted molar refractivity (Wildman–Crippen MR) is 73.9 cm³/mol. The summed E-state index contributed by atoms with van der Waals surface area (Å²) >= 11 is 3.32. The van der Waals surface area contributed by atoms with Crippen LogP contribution in [0.4, 0.5) is 0 Å². The lowest BCUT2D eigenvalue weighted by Gasteiger charge is -2.08. The summed E-state index contributed by atoms with van der Waals surface area (Å²) in [6, 6.07) is 13.6. The molecule has 0 unspecified atom stereocenters. The van der Waals surface area contributed by atoms with Gasteiger partial charge in [0.1, 0.15) is 17.6 Å². The van der Waals surface area contributed by atoms with Gasteiger partial charge in [0.25, 0.3) is 0 Å². The maximum Gasteiger partial charge on any atom is 0.248 e. The Balaban J connectivity index is 2.28. The van der Waals surface area contributed by atoms with E-state index in [1.807, 2.05) is 0 Å². The number of carbonyl (C=O) groups is 1. The molecule has 0 spiro atoms. The summed E-state index contributed by atoms with van der Waals surface area (Å²) in [5, 5.41) is 9.00. The van der Waals surface area contributed by atoms with Gasteiger partial charge in [-0.15, -0.1) is 0 Å². The zero-order valence-electron chi connectivity index (χ0n) is 9.76. The minimum Gasteiger partial charge on any atom is -0.456 e. The Labute approximate surface area is 118 Å². The fraction of sp³-hybridized carbons (Fsp3) is 0. The molecule has 0 aliphatic carbocycles. The molecule has 0 saturated carbocycles. The highest BCUT2D eigenvalue weighted by Crippen LogP contribution is 2.28. The van der Waals surface area contributed by atoms with Gasteiger partial charge in [-0.1, -0.05) is 15.9 Å². The van der Waals surface area contributed by atoms with Gasteiger partial charge in [0.15, 0.2) is 0 Å². The van der Waals surface area contributed by atoms with Crippen LogP contribution in [0, 0.1) is 11.3 Å². The van der Waals surface area contributed by atoms with Crippen LogP contribution in [0.2, 0.25) is 0 Å². The topological polar surface area (TPSA) is 76.1 Å². The number of halogens is 1. The molecule has 0 radical (unpaired) electrons. The number of nitrogens with two attached hydrogens (primary N) is 1. The number of nitrogens with zero attached hydrogens (tertiary/aromatic N) is 1. The van der Waals surface area contributed by atoms with Crippen LogP contribution in [0.5, 0.6) is 11.5 Å². The lowest BCUT2D eigenvalue weighted by atomic mass is 10.2. The van der Waals surface area contributed by atoms with Gasteiger partial charge in [-0.3, -0.25) is 4.79 Å². The lowest BCUT2D eigenvalue weighted by Crippen LogP contribution is -2.10. The van der Waals surface area contributed by atoms with Gasteiger partial charge in [0, 0.05) is 10.0 Å². The standard InChI is InChI=1S/C14H9BrN2O2/c15-11-4-1-10(8-16)13(7-11)19-12-5-2-9(3-6-12)14(17)18/h1-7H,(H2,17,18). The summed E-state index contributed by atoms with van der Waals surface area (Å²) < 4.78 is 6.43. The molecular formula is C14H9BrN2O2. The van der Waals surface area contributed by atoms with E-state index < -0.39 is 5.91 Å². The van der Waals surface area contributed by atoms with Gasteiger partial charge >= 0.3 is 0 Å². The minimum atomic E-state index is -0.494. The van der Waals surface area contributed by atoms with Crippen molar-refractivity contribution in [3.63, 3.8) is 0 Å². The molecule has 2 aromatic rings. The lowest BCUT2D eigenvalue weighted by molar-refractivity contribution is 0.100. The average molecular weight is 317 g/mol. The van der Waals surface area contributed by atoms with E-state index in [0.717, 1.165) is 4.47 Å². The number of nitriles is 1. The largest absolute Gasteiger partial charge is 0.456 e. The van der Waals surface area contributed by atoms with Crippen molar-refractivity contribution in [3.05, 3.63) is 58.1 Å². The molecule has 0 bridgehead atoms. The molecule has 2 aromatic carbocycles. The molecule has 94 valence electrons. The van der Waals surface area contributed by atoms with Crippen LogP contribution >= 0.6 is 15.9 Å². The zero-order chi connectivity index (χ0) is 13.8. The number of rotatable bonds is 3. The van der Waals surface area contributed by atoms with Gasteiger partial charge in [0.2, 0.25) is 5.91 Å². The first-order valence-electron chi connectivity index (χ1n) is 5.37. The van der Waals surface area contributed by atoms with Gasteiger partial charge in [-0.05, 0) is 42.5 Å². The zero-order valence-corrected chi connectivity index (χ0v) is 11.3. The molecule has 0 heterocycles. The Morgan fingerprint density at radius 2 is 1.89 bits per heavy atom. The van der Waals surface area contributed by atoms with Gasteiger partial charge < -0.3 is 10.5 Å². The van der Waals surface area contributed by atoms with Crippen LogP contribution in [-0.4, -0.2) is 5.91 Å². The second kappa shape index (κ2) is 5.55. The van der Waals surface area contributed by atoms with E-state index in [0.29, 0.717) is 22.6 Å². The van der Waals surface area contributed by atoms with Crippen LogP contribution in [0.25, 0.3) is 0 Å². The fourth-order valence-corrected chi connectivity index (χ4v) is 1.83. The molecule has 0 saturated heterocycles. The number of carbonyl (C=O) groups excluding carboxylic acids is 1. The second-order valence-electron chi connectivity index (χ2n) is 3.74. The summed E-state index contributed by atoms with van der Waals surface area (Å²) in [7, 11) is 0. The molecule has 0 aromatic heterocycles. The van der Waals surface area contributed by atoms with Crippen molar-refractivity contribution in [3.8, 4) is 17.6 Å². The summed E-state index contributed by atoms with van der Waals surface area (Å²) in [6.45, 7) is 0. The van der Waals surface area contributed by atoms with Gasteiger partial charge in [0.05, 0.1) is 5.56 Å². The maximum atomic E-state index is 10.9. The molecule has 0 aliphatic heterocycles. The third-order valence-electron chi connectivity index (χ3n) is 2.43. The fourth-order valence-electron chi connectivity index (χ4n) is 1.49. The molecule has 19 heavy (non-hydrogen) atoms. The molecule has 0 fully saturated rings. The molecule has 0 aliphatic rings. The van der Waals surface area contributed by atoms with Crippen molar-refractivity contribution in [2.24, 2.45) is 5.73 Å². The predicted octanol–water partition coefficient (Wildman–Crippen LogP) is 3.21. The number of hydrogen-bond donors (Lipinski definition) is 1. The summed E-state index contributed by atoms with van der Waals surface area (Å²) in [5.41, 5.74) is 5.99. The Bertz CT molecular complexity index is 660. The van der Waals surface area contributed by atoms with E-state index in [1.165, 1.54) is 0 Å². The smallest absolute Gasteiger partial charge is 0.248 e. The molecule has 5 heteroatoms. The van der Waals surface area contributed by atoms with Crippen molar-refractivity contribution in [2.75, 3.05) is 0 Å². The molecule has 1 amide bonds. The van der Waals surface area contributed by atoms with Crippen LogP contribution in [-0.2, 0) is 0 Å². The molecule has 2 N–H and O–H groups in total. The Kier molecular flexibility index (Phi) is 3.83. The van der Waals surface area contributed by atoms with E-state index in [4.69, 9.17) is 15.7 Å². The number of benzene rings is 2. The highest BCUT2D eigenvalue weighted by atomic mass is 79.9. The van der Waals surface area contributed by atoms with Gasteiger partial charge in [-0.2, -0.15) is 5.26 Å². The first-order chi connectivity index (χ1) is 9.10. The normalized spacial score (nSPS) is 9.68. The minimum absolute atomic E-state index is 0.405. The Hall–Kier alpha value is -2.32. The second-order valence-corrected chi connectivity index (χ2v) is 4.66. The van der Waals surface area contributed by atoms with Crippen molar-refractivity contribution >= 4 is 21.8 Å². The van der Waals surface area contributed by atoms with Crippen LogP contribution < -0.4 is 10.5 Å². The van der Waals surface area contributed by atoms with Crippen molar-refractivity contribution in [1.29, 1.82) is 5.26 Å². The number of ether oxygens (including phenoxy) is 1. The average Bonchev–Trinajstić information content (AvgIpc) is 2.39. The number of hydrogen-bond acceptors (Lipinski definition) is 3. The highest BCUT2D eigenvalue weighted by molar-refractivity contribution is 9.10. The van der Waals surface area contributed by atoms with Crippen molar-refractivity contribution < 1.29 is 9.53 Å². The monoisotopic (exact) mass is 316 g/mol. The van der Waals surface area contributed by atoms with Crippen molar-refractivity contribution in [1.82, 2.24) is 0 Å². The first-order valence-corrected chi connectivity index (χ1v) is 6.17. The third kappa shape index (κ3) is 3.12. The summed E-state index contributed by atoms with van der Waals surface area (Å²) in [4.78, 5) is 10.9. The molecular weight excluding hydrogens is 308 g/mol. The van der Waals surface area contributed by atoms with E-state index in [-0.39, 0.29) is 0 Å². The van der Waals surface area contributed by atoms with Gasteiger partial charge in [-0.25, -0.2) is 0 Å². The van der Waals surface area contributed by atoms with Crippen LogP contribution in [0.1, 0.15) is 15.9 Å². The molecule has 0 atom stereocenters. The maximum absolute atomic E-state index is 10.9. The number of amides is 1. The molecule has 4 nitrogen and oxygen atoms in total. The van der Waals surface area contributed by atoms with E-state index >= 15 is 0 Å².